The lowest BCUT2D eigenvalue weighted by molar-refractivity contribution is -0.141. The molecule has 0 bridgehead atoms. The fraction of sp³-hybridized carbons (Fsp3) is 0.150. The van der Waals surface area contributed by atoms with Gasteiger partial charge >= 0.3 is 6.18 Å². The topological polar surface area (TPSA) is 54.9 Å². The van der Waals surface area contributed by atoms with Gasteiger partial charge in [-0.2, -0.15) is 13.2 Å². The van der Waals surface area contributed by atoms with Crippen LogP contribution in [-0.2, 0) is 11.0 Å². The van der Waals surface area contributed by atoms with Gasteiger partial charge in [-0.05, 0) is 25.1 Å². The van der Waals surface area contributed by atoms with Crippen molar-refractivity contribution < 1.29 is 22.4 Å². The summed E-state index contributed by atoms with van der Waals surface area (Å²) in [5.74, 6) is -1.47. The first-order chi connectivity index (χ1) is 13.7. The second-order valence-electron chi connectivity index (χ2n) is 6.10. The van der Waals surface area contributed by atoms with Gasteiger partial charge in [-0.15, -0.1) is 0 Å². The summed E-state index contributed by atoms with van der Waals surface area (Å²) in [4.78, 5) is 19.7. The van der Waals surface area contributed by atoms with Crippen molar-refractivity contribution in [3.8, 4) is 11.3 Å². The summed E-state index contributed by atoms with van der Waals surface area (Å²) in [6.45, 7) is 1.86. The molecule has 0 aliphatic carbocycles. The number of rotatable bonds is 5. The van der Waals surface area contributed by atoms with E-state index in [0.29, 0.717) is 5.56 Å². The molecular weight excluding hydrogens is 406 g/mol. The Morgan fingerprint density at radius 3 is 2.41 bits per heavy atom. The van der Waals surface area contributed by atoms with Crippen molar-refractivity contribution in [1.29, 1.82) is 0 Å². The molecule has 3 rings (SSSR count). The molecule has 0 atom stereocenters. The van der Waals surface area contributed by atoms with Crippen LogP contribution in [0.15, 0.2) is 59.8 Å². The smallest absolute Gasteiger partial charge is 0.323 e. The van der Waals surface area contributed by atoms with Crippen molar-refractivity contribution in [2.24, 2.45) is 0 Å². The third-order valence-electron chi connectivity index (χ3n) is 3.82. The lowest BCUT2D eigenvalue weighted by atomic mass is 10.1. The molecule has 150 valence electrons. The van der Waals surface area contributed by atoms with Gasteiger partial charge in [0.15, 0.2) is 5.16 Å². The molecule has 2 aromatic carbocycles. The van der Waals surface area contributed by atoms with Crippen molar-refractivity contribution in [2.45, 2.75) is 18.3 Å². The van der Waals surface area contributed by atoms with E-state index in [1.807, 2.05) is 6.92 Å². The summed E-state index contributed by atoms with van der Waals surface area (Å²) in [5, 5.41) is 2.17. The number of hydrogen-bond acceptors (Lipinski definition) is 4. The Morgan fingerprint density at radius 1 is 1.07 bits per heavy atom. The summed E-state index contributed by atoms with van der Waals surface area (Å²) in [6.07, 6.45) is -4.66. The maximum Gasteiger partial charge on any atom is 0.433 e. The molecule has 9 heteroatoms. The third-order valence-corrected chi connectivity index (χ3v) is 4.67. The quantitative estimate of drug-likeness (QED) is 0.343. The van der Waals surface area contributed by atoms with E-state index in [0.717, 1.165) is 23.4 Å². The molecule has 1 N–H and O–H groups in total. The molecule has 1 amide bonds. The summed E-state index contributed by atoms with van der Waals surface area (Å²) >= 11 is 0.739. The lowest BCUT2D eigenvalue weighted by Crippen LogP contribution is -2.16. The minimum absolute atomic E-state index is 0.0107. The van der Waals surface area contributed by atoms with Gasteiger partial charge in [-0.1, -0.05) is 53.7 Å². The minimum atomic E-state index is -4.66. The molecule has 0 aliphatic rings. The highest BCUT2D eigenvalue weighted by molar-refractivity contribution is 7.99. The number of nitrogens with zero attached hydrogens (tertiary/aromatic N) is 2. The monoisotopic (exact) mass is 421 g/mol. The first kappa shape index (κ1) is 20.8. The maximum absolute atomic E-state index is 13.6. The standard InChI is InChI=1S/C20H15F4N3OS/c1-12-6-8-13(9-7-12)16-10-17(20(22,23)24)27-19(26-16)29-11-18(28)25-15-5-3-2-4-14(15)21/h2-10H,11H2,1H3,(H,25,28). The molecule has 0 saturated carbocycles. The second kappa shape index (κ2) is 8.60. The highest BCUT2D eigenvalue weighted by Gasteiger charge is 2.34. The minimum Gasteiger partial charge on any atom is -0.323 e. The van der Waals surface area contributed by atoms with Crippen LogP contribution < -0.4 is 5.32 Å². The van der Waals surface area contributed by atoms with Crippen LogP contribution in [0.4, 0.5) is 23.2 Å². The van der Waals surface area contributed by atoms with Gasteiger partial charge in [0, 0.05) is 5.56 Å². The Kier molecular flexibility index (Phi) is 6.17. The molecule has 4 nitrogen and oxygen atoms in total. The Hall–Kier alpha value is -2.94. The van der Waals surface area contributed by atoms with Gasteiger partial charge in [0.1, 0.15) is 11.5 Å². The molecule has 1 heterocycles. The van der Waals surface area contributed by atoms with E-state index in [1.165, 1.54) is 18.2 Å². The van der Waals surface area contributed by atoms with Gasteiger partial charge in [0.25, 0.3) is 0 Å². The van der Waals surface area contributed by atoms with E-state index in [4.69, 9.17) is 0 Å². The SMILES string of the molecule is Cc1ccc(-c2cc(C(F)(F)F)nc(SCC(=O)Nc3ccccc3F)n2)cc1. The van der Waals surface area contributed by atoms with Gasteiger partial charge in [-0.3, -0.25) is 4.79 Å². The van der Waals surface area contributed by atoms with Crippen LogP contribution in [0, 0.1) is 12.7 Å². The summed E-state index contributed by atoms with van der Waals surface area (Å²) < 4.78 is 53.3. The average Bonchev–Trinajstić information content (AvgIpc) is 2.68. The van der Waals surface area contributed by atoms with Crippen LogP contribution >= 0.6 is 11.8 Å². The molecule has 0 spiro atoms. The van der Waals surface area contributed by atoms with Crippen molar-refractivity contribution in [1.82, 2.24) is 9.97 Å². The number of para-hydroxylation sites is 1. The number of hydrogen-bond donors (Lipinski definition) is 1. The summed E-state index contributed by atoms with van der Waals surface area (Å²) in [6, 6.07) is 13.3. The number of carbonyl (C=O) groups excluding carboxylic acids is 1. The summed E-state index contributed by atoms with van der Waals surface area (Å²) in [7, 11) is 0. The third kappa shape index (κ3) is 5.54. The zero-order valence-electron chi connectivity index (χ0n) is 15.1. The van der Waals surface area contributed by atoms with Crippen molar-refractivity contribution in [3.05, 3.63) is 71.7 Å². The van der Waals surface area contributed by atoms with Gasteiger partial charge in [0.2, 0.25) is 5.91 Å². The van der Waals surface area contributed by atoms with Crippen LogP contribution in [0.1, 0.15) is 11.3 Å². The molecule has 0 unspecified atom stereocenters. The predicted octanol–water partition coefficient (Wildman–Crippen LogP) is 5.34. The number of amides is 1. The Balaban J connectivity index is 1.80. The number of nitrogens with one attached hydrogen (secondary N) is 1. The molecule has 3 aromatic rings. The summed E-state index contributed by atoms with van der Waals surface area (Å²) in [5.41, 5.74) is 0.451. The fourth-order valence-corrected chi connectivity index (χ4v) is 3.04. The molecule has 0 aliphatic heterocycles. The Bertz CT molecular complexity index is 1020. The molecule has 1 aromatic heterocycles. The molecule has 0 radical (unpaired) electrons. The van der Waals surface area contributed by atoms with Crippen molar-refractivity contribution in [2.75, 3.05) is 11.1 Å². The average molecular weight is 421 g/mol. The highest BCUT2D eigenvalue weighted by Crippen LogP contribution is 2.32. The molecular formula is C20H15F4N3OS. The van der Waals surface area contributed by atoms with E-state index in [2.05, 4.69) is 15.3 Å². The maximum atomic E-state index is 13.6. The first-order valence-corrected chi connectivity index (χ1v) is 9.41. The Labute approximate surface area is 168 Å². The molecule has 29 heavy (non-hydrogen) atoms. The van der Waals surface area contributed by atoms with E-state index < -0.39 is 23.6 Å². The van der Waals surface area contributed by atoms with E-state index >= 15 is 0 Å². The predicted molar refractivity (Wildman–Crippen MR) is 103 cm³/mol. The lowest BCUT2D eigenvalue weighted by Gasteiger charge is -2.11. The van der Waals surface area contributed by atoms with Gasteiger partial charge in [0.05, 0.1) is 17.1 Å². The number of aryl methyl sites for hydroxylation is 1. The first-order valence-electron chi connectivity index (χ1n) is 8.43. The van der Waals surface area contributed by atoms with Gasteiger partial charge < -0.3 is 5.32 Å². The largest absolute Gasteiger partial charge is 0.433 e. The van der Waals surface area contributed by atoms with Gasteiger partial charge in [-0.25, -0.2) is 14.4 Å². The van der Waals surface area contributed by atoms with E-state index in [-0.39, 0.29) is 22.3 Å². The number of alkyl halides is 3. The van der Waals surface area contributed by atoms with Crippen LogP contribution in [0.5, 0.6) is 0 Å². The Morgan fingerprint density at radius 2 is 1.76 bits per heavy atom. The highest BCUT2D eigenvalue weighted by atomic mass is 32.2. The van der Waals surface area contributed by atoms with E-state index in [9.17, 15) is 22.4 Å². The fourth-order valence-electron chi connectivity index (χ4n) is 2.39. The number of anilines is 1. The number of halogens is 4. The second-order valence-corrected chi connectivity index (χ2v) is 7.04. The molecule has 0 saturated heterocycles. The zero-order chi connectivity index (χ0) is 21.0. The number of benzene rings is 2. The van der Waals surface area contributed by atoms with Crippen molar-refractivity contribution in [3.63, 3.8) is 0 Å². The van der Waals surface area contributed by atoms with Crippen LogP contribution in [0.3, 0.4) is 0 Å². The number of carbonyl (C=O) groups is 1. The van der Waals surface area contributed by atoms with Crippen LogP contribution in [0.25, 0.3) is 11.3 Å². The van der Waals surface area contributed by atoms with Crippen molar-refractivity contribution >= 4 is 23.4 Å². The number of thioether (sulfide) groups is 1. The molecule has 0 fully saturated rings. The number of aromatic nitrogens is 2. The van der Waals surface area contributed by atoms with Crippen LogP contribution in [0.2, 0.25) is 0 Å². The normalized spacial score (nSPS) is 11.3. The van der Waals surface area contributed by atoms with E-state index in [1.54, 1.807) is 30.3 Å². The van der Waals surface area contributed by atoms with Crippen LogP contribution in [-0.4, -0.2) is 21.6 Å². The zero-order valence-corrected chi connectivity index (χ0v) is 15.9.